The molecule has 3 rings (SSSR count). The van der Waals surface area contributed by atoms with Gasteiger partial charge in [-0.2, -0.15) is 5.10 Å². The van der Waals surface area contributed by atoms with Crippen molar-refractivity contribution >= 4 is 17.6 Å². The molecule has 0 fully saturated rings. The Morgan fingerprint density at radius 3 is 2.31 bits per heavy atom. The molecule has 0 saturated heterocycles. The molecule has 0 radical (unpaired) electrons. The maximum atomic E-state index is 12.2. The zero-order valence-electron chi connectivity index (χ0n) is 16.0. The highest BCUT2D eigenvalue weighted by Gasteiger charge is 2.12. The molecule has 0 bridgehead atoms. The fraction of sp³-hybridized carbons (Fsp3) is 0.200. The molecule has 0 unspecified atom stereocenters. The van der Waals surface area contributed by atoms with Gasteiger partial charge in [0.05, 0.1) is 26.3 Å². The van der Waals surface area contributed by atoms with Crippen LogP contribution in [0.1, 0.15) is 15.9 Å². The molecule has 0 aliphatic carbocycles. The first kappa shape index (κ1) is 19.9. The normalized spacial score (nSPS) is 10.3. The van der Waals surface area contributed by atoms with Crippen LogP contribution in [0.5, 0.6) is 11.5 Å². The summed E-state index contributed by atoms with van der Waals surface area (Å²) < 4.78 is 17.1. The van der Waals surface area contributed by atoms with E-state index in [0.29, 0.717) is 29.3 Å². The van der Waals surface area contributed by atoms with E-state index < -0.39 is 18.5 Å². The first-order valence-electron chi connectivity index (χ1n) is 8.69. The van der Waals surface area contributed by atoms with Crippen LogP contribution in [0.3, 0.4) is 0 Å². The molecule has 0 spiro atoms. The largest absolute Gasteiger partial charge is 0.497 e. The molecule has 9 heteroatoms. The number of amides is 1. The van der Waals surface area contributed by atoms with Crippen LogP contribution >= 0.6 is 0 Å². The van der Waals surface area contributed by atoms with Crippen LogP contribution in [0.15, 0.2) is 55.1 Å². The Morgan fingerprint density at radius 2 is 1.72 bits per heavy atom. The molecular formula is C20H20N4O5. The van der Waals surface area contributed by atoms with Gasteiger partial charge in [-0.3, -0.25) is 4.79 Å². The Labute approximate surface area is 167 Å². The van der Waals surface area contributed by atoms with Gasteiger partial charge in [-0.25, -0.2) is 14.5 Å². The Kier molecular flexibility index (Phi) is 6.41. The lowest BCUT2D eigenvalue weighted by molar-refractivity contribution is -0.119. The lowest BCUT2D eigenvalue weighted by Gasteiger charge is -2.10. The minimum absolute atomic E-state index is 0.350. The summed E-state index contributed by atoms with van der Waals surface area (Å²) in [7, 11) is 3.03. The van der Waals surface area contributed by atoms with Crippen molar-refractivity contribution in [3.05, 3.63) is 66.2 Å². The predicted molar refractivity (Wildman–Crippen MR) is 104 cm³/mol. The van der Waals surface area contributed by atoms with E-state index in [-0.39, 0.29) is 0 Å². The summed E-state index contributed by atoms with van der Waals surface area (Å²) in [5.74, 6) is -0.00241. The Balaban J connectivity index is 1.53. The highest BCUT2D eigenvalue weighted by molar-refractivity contribution is 5.95. The summed E-state index contributed by atoms with van der Waals surface area (Å²) in [5, 5.41) is 6.67. The first-order chi connectivity index (χ1) is 14.1. The van der Waals surface area contributed by atoms with E-state index in [1.54, 1.807) is 53.5 Å². The topological polar surface area (TPSA) is 105 Å². The van der Waals surface area contributed by atoms with Crippen molar-refractivity contribution in [3.8, 4) is 11.5 Å². The molecule has 1 amide bonds. The Bertz CT molecular complexity index is 949. The van der Waals surface area contributed by atoms with Crippen molar-refractivity contribution in [2.45, 2.75) is 6.54 Å². The number of rotatable bonds is 8. The number of ether oxygens (including phenoxy) is 3. The number of nitrogens with zero attached hydrogens (tertiary/aromatic N) is 3. The van der Waals surface area contributed by atoms with Crippen LogP contribution in [0, 0.1) is 0 Å². The molecule has 0 atom stereocenters. The lowest BCUT2D eigenvalue weighted by Crippen LogP contribution is -2.21. The van der Waals surface area contributed by atoms with E-state index in [1.165, 1.54) is 20.5 Å². The number of esters is 1. The van der Waals surface area contributed by atoms with Gasteiger partial charge in [0, 0.05) is 23.9 Å². The molecule has 150 valence electrons. The number of carbonyl (C=O) groups is 2. The zero-order valence-corrected chi connectivity index (χ0v) is 16.0. The molecule has 1 N–H and O–H groups in total. The van der Waals surface area contributed by atoms with Gasteiger partial charge in [0.1, 0.15) is 24.2 Å². The fourth-order valence-corrected chi connectivity index (χ4v) is 2.54. The van der Waals surface area contributed by atoms with E-state index in [4.69, 9.17) is 14.2 Å². The summed E-state index contributed by atoms with van der Waals surface area (Å²) in [6.45, 7) is 0.126. The van der Waals surface area contributed by atoms with Gasteiger partial charge in [0.2, 0.25) is 0 Å². The van der Waals surface area contributed by atoms with Gasteiger partial charge < -0.3 is 19.5 Å². The summed E-state index contributed by atoms with van der Waals surface area (Å²) in [4.78, 5) is 28.1. The van der Waals surface area contributed by atoms with Gasteiger partial charge >= 0.3 is 5.97 Å². The van der Waals surface area contributed by atoms with Gasteiger partial charge in [-0.15, -0.1) is 0 Å². The molecule has 0 aliphatic rings. The minimum atomic E-state index is -0.587. The van der Waals surface area contributed by atoms with Crippen LogP contribution < -0.4 is 14.8 Å². The molecule has 2 aromatic carbocycles. The summed E-state index contributed by atoms with van der Waals surface area (Å²) in [6.07, 6.45) is 3.07. The quantitative estimate of drug-likeness (QED) is 0.582. The second-order valence-corrected chi connectivity index (χ2v) is 6.02. The highest BCUT2D eigenvalue weighted by Crippen LogP contribution is 2.25. The summed E-state index contributed by atoms with van der Waals surface area (Å²) in [6, 6.07) is 11.8. The molecule has 1 heterocycles. The van der Waals surface area contributed by atoms with Crippen LogP contribution in [-0.4, -0.2) is 47.5 Å². The third-order valence-electron chi connectivity index (χ3n) is 3.97. The summed E-state index contributed by atoms with van der Waals surface area (Å²) in [5.41, 5.74) is 1.78. The molecule has 9 nitrogen and oxygen atoms in total. The second-order valence-electron chi connectivity index (χ2n) is 6.02. The predicted octanol–water partition coefficient (Wildman–Crippen LogP) is 2.14. The van der Waals surface area contributed by atoms with Gasteiger partial charge in [0.25, 0.3) is 5.91 Å². The molecule has 0 saturated carbocycles. The fourth-order valence-electron chi connectivity index (χ4n) is 2.54. The number of methoxy groups -OCH3 is 2. The average molecular weight is 396 g/mol. The lowest BCUT2D eigenvalue weighted by atomic mass is 10.1. The smallest absolute Gasteiger partial charge is 0.338 e. The SMILES string of the molecule is COc1cc(NC(=O)COC(=O)c2ccc(Cn3cncn3)cc2)cc(OC)c1. The van der Waals surface area contributed by atoms with Crippen molar-refractivity contribution in [2.75, 3.05) is 26.1 Å². The van der Waals surface area contributed by atoms with Crippen molar-refractivity contribution in [3.63, 3.8) is 0 Å². The third-order valence-corrected chi connectivity index (χ3v) is 3.97. The average Bonchev–Trinajstić information content (AvgIpc) is 3.25. The van der Waals surface area contributed by atoms with Gasteiger partial charge in [0.15, 0.2) is 6.61 Å². The number of benzene rings is 2. The number of anilines is 1. The molecular weight excluding hydrogens is 376 g/mol. The Hall–Kier alpha value is -3.88. The molecule has 0 aliphatic heterocycles. The molecule has 3 aromatic rings. The number of aromatic nitrogens is 3. The van der Waals surface area contributed by atoms with Crippen molar-refractivity contribution in [1.82, 2.24) is 14.8 Å². The number of nitrogens with one attached hydrogen (secondary N) is 1. The Morgan fingerprint density at radius 1 is 1.03 bits per heavy atom. The number of hydrogen-bond donors (Lipinski definition) is 1. The van der Waals surface area contributed by atoms with Gasteiger partial charge in [-0.05, 0) is 17.7 Å². The van der Waals surface area contributed by atoms with Crippen molar-refractivity contribution in [1.29, 1.82) is 0 Å². The van der Waals surface area contributed by atoms with E-state index in [0.717, 1.165) is 5.56 Å². The second kappa shape index (κ2) is 9.36. The van der Waals surface area contributed by atoms with Crippen molar-refractivity contribution < 1.29 is 23.8 Å². The summed E-state index contributed by atoms with van der Waals surface area (Å²) >= 11 is 0. The van der Waals surface area contributed by atoms with Crippen LogP contribution in [-0.2, 0) is 16.1 Å². The number of carbonyl (C=O) groups excluding carboxylic acids is 2. The standard InChI is InChI=1S/C20H20N4O5/c1-27-17-7-16(8-18(9-17)28-2)23-19(25)11-29-20(26)15-5-3-14(4-6-15)10-24-13-21-12-22-24/h3-9,12-13H,10-11H2,1-2H3,(H,23,25). The maximum absolute atomic E-state index is 12.2. The first-order valence-corrected chi connectivity index (χ1v) is 8.69. The zero-order chi connectivity index (χ0) is 20.6. The van der Waals surface area contributed by atoms with Gasteiger partial charge in [-0.1, -0.05) is 12.1 Å². The van der Waals surface area contributed by atoms with E-state index in [2.05, 4.69) is 15.4 Å². The molecule has 1 aromatic heterocycles. The monoisotopic (exact) mass is 396 g/mol. The van der Waals surface area contributed by atoms with E-state index in [9.17, 15) is 9.59 Å². The molecule has 29 heavy (non-hydrogen) atoms. The van der Waals surface area contributed by atoms with E-state index in [1.807, 2.05) is 0 Å². The van der Waals surface area contributed by atoms with Crippen LogP contribution in [0.4, 0.5) is 5.69 Å². The maximum Gasteiger partial charge on any atom is 0.338 e. The van der Waals surface area contributed by atoms with Crippen molar-refractivity contribution in [2.24, 2.45) is 0 Å². The van der Waals surface area contributed by atoms with Crippen LogP contribution in [0.2, 0.25) is 0 Å². The highest BCUT2D eigenvalue weighted by atomic mass is 16.5. The minimum Gasteiger partial charge on any atom is -0.497 e. The number of hydrogen-bond acceptors (Lipinski definition) is 7. The van der Waals surface area contributed by atoms with E-state index >= 15 is 0 Å². The third kappa shape index (κ3) is 5.55. The van der Waals surface area contributed by atoms with Crippen LogP contribution in [0.25, 0.3) is 0 Å².